The van der Waals surface area contributed by atoms with Crippen molar-refractivity contribution < 1.29 is 27.8 Å². The number of pyridine rings is 1. The van der Waals surface area contributed by atoms with Crippen LogP contribution < -0.4 is 10.1 Å². The second-order valence-corrected chi connectivity index (χ2v) is 10.2. The Labute approximate surface area is 206 Å². The minimum absolute atomic E-state index is 0.0840. The van der Waals surface area contributed by atoms with Gasteiger partial charge in [-0.1, -0.05) is 0 Å². The van der Waals surface area contributed by atoms with Crippen LogP contribution in [0.3, 0.4) is 0 Å². The SMILES string of the molecule is CC(n1nc(-c2cc(OC(F)F)ccc2F)c2ncc(C=O)cc21)C(C)(C)O.CNC1(C)CSC1. The molecule has 4 rings (SSSR count). The summed E-state index contributed by atoms with van der Waals surface area (Å²) in [4.78, 5) is 15.3. The van der Waals surface area contributed by atoms with E-state index in [2.05, 4.69) is 27.1 Å². The molecule has 1 saturated heterocycles. The summed E-state index contributed by atoms with van der Waals surface area (Å²) in [5.74, 6) is 1.63. The number of carbonyl (C=O) groups excluding carboxylic acids is 1. The number of halogens is 3. The smallest absolute Gasteiger partial charge is 0.387 e. The summed E-state index contributed by atoms with van der Waals surface area (Å²) >= 11 is 2.01. The van der Waals surface area contributed by atoms with E-state index in [9.17, 15) is 23.1 Å². The molecular formula is C24H29F3N4O3S. The average Bonchev–Trinajstić information content (AvgIpc) is 3.16. The summed E-state index contributed by atoms with van der Waals surface area (Å²) in [6, 6.07) is 4.15. The van der Waals surface area contributed by atoms with Crippen molar-refractivity contribution in [2.75, 3.05) is 18.6 Å². The molecule has 0 spiro atoms. The Hall–Kier alpha value is -2.63. The third-order valence-electron chi connectivity index (χ3n) is 5.96. The molecule has 0 bridgehead atoms. The van der Waals surface area contributed by atoms with Crippen LogP contribution >= 0.6 is 11.8 Å². The first-order chi connectivity index (χ1) is 16.4. The Bertz CT molecular complexity index is 1190. The molecule has 3 aromatic rings. The van der Waals surface area contributed by atoms with Crippen LogP contribution in [-0.4, -0.2) is 62.5 Å². The molecule has 1 aliphatic rings. The molecule has 35 heavy (non-hydrogen) atoms. The molecule has 1 unspecified atom stereocenters. The third-order valence-corrected chi connectivity index (χ3v) is 7.64. The highest BCUT2D eigenvalue weighted by Crippen LogP contribution is 2.35. The lowest BCUT2D eigenvalue weighted by Crippen LogP contribution is -2.51. The van der Waals surface area contributed by atoms with E-state index in [4.69, 9.17) is 0 Å². The van der Waals surface area contributed by atoms with Crippen molar-refractivity contribution in [3.8, 4) is 17.0 Å². The maximum atomic E-state index is 14.5. The number of thioether (sulfide) groups is 1. The van der Waals surface area contributed by atoms with E-state index in [1.54, 1.807) is 20.8 Å². The molecule has 2 aromatic heterocycles. The van der Waals surface area contributed by atoms with Crippen molar-refractivity contribution in [2.45, 2.75) is 51.5 Å². The van der Waals surface area contributed by atoms with E-state index >= 15 is 0 Å². The maximum absolute atomic E-state index is 14.5. The molecule has 190 valence electrons. The normalized spacial score (nSPS) is 15.8. The van der Waals surface area contributed by atoms with Crippen molar-refractivity contribution >= 4 is 29.1 Å². The number of hydrogen-bond donors (Lipinski definition) is 2. The topological polar surface area (TPSA) is 89.3 Å². The number of hydrogen-bond acceptors (Lipinski definition) is 7. The summed E-state index contributed by atoms with van der Waals surface area (Å²) in [6.45, 7) is 4.06. The quantitative estimate of drug-likeness (QED) is 0.446. The lowest BCUT2D eigenvalue weighted by atomic mass is 10.0. The van der Waals surface area contributed by atoms with E-state index in [1.165, 1.54) is 28.5 Å². The van der Waals surface area contributed by atoms with Crippen molar-refractivity contribution in [3.63, 3.8) is 0 Å². The van der Waals surface area contributed by atoms with Gasteiger partial charge in [-0.15, -0.1) is 0 Å². The van der Waals surface area contributed by atoms with Crippen LogP contribution in [0.15, 0.2) is 30.5 Å². The van der Waals surface area contributed by atoms with Gasteiger partial charge in [-0.05, 0) is 59.0 Å². The fraction of sp³-hybridized carbons (Fsp3) is 0.458. The second kappa shape index (κ2) is 10.5. The van der Waals surface area contributed by atoms with Gasteiger partial charge in [0, 0.05) is 34.4 Å². The van der Waals surface area contributed by atoms with Gasteiger partial charge in [-0.2, -0.15) is 25.6 Å². The highest BCUT2D eigenvalue weighted by Gasteiger charge is 2.30. The number of benzene rings is 1. The number of aromatic nitrogens is 3. The molecule has 0 aliphatic carbocycles. The number of alkyl halides is 2. The number of fused-ring (bicyclic) bond motifs is 1. The number of nitrogens with zero attached hydrogens (tertiary/aromatic N) is 3. The fourth-order valence-electron chi connectivity index (χ4n) is 3.29. The molecule has 0 amide bonds. The predicted octanol–water partition coefficient (Wildman–Crippen LogP) is 4.69. The van der Waals surface area contributed by atoms with Gasteiger partial charge in [0.05, 0.1) is 17.2 Å². The summed E-state index contributed by atoms with van der Waals surface area (Å²) in [5, 5.41) is 18.0. The Balaban J connectivity index is 0.000000420. The van der Waals surface area contributed by atoms with Crippen LogP contribution in [0, 0.1) is 5.82 Å². The van der Waals surface area contributed by atoms with Crippen molar-refractivity contribution in [1.29, 1.82) is 0 Å². The van der Waals surface area contributed by atoms with E-state index in [0.717, 1.165) is 18.2 Å². The highest BCUT2D eigenvalue weighted by molar-refractivity contribution is 8.00. The Morgan fingerprint density at radius 3 is 2.49 bits per heavy atom. The zero-order valence-electron chi connectivity index (χ0n) is 20.2. The molecular weight excluding hydrogens is 481 g/mol. The minimum Gasteiger partial charge on any atom is -0.435 e. The largest absolute Gasteiger partial charge is 0.435 e. The van der Waals surface area contributed by atoms with Gasteiger partial charge in [0.2, 0.25) is 0 Å². The molecule has 1 fully saturated rings. The van der Waals surface area contributed by atoms with E-state index < -0.39 is 24.1 Å². The Morgan fingerprint density at radius 1 is 1.31 bits per heavy atom. The number of ether oxygens (including phenoxy) is 1. The van der Waals surface area contributed by atoms with Gasteiger partial charge in [0.15, 0.2) is 6.29 Å². The number of rotatable bonds is 7. The van der Waals surface area contributed by atoms with E-state index in [1.807, 2.05) is 18.8 Å². The van der Waals surface area contributed by atoms with Gasteiger partial charge in [0.25, 0.3) is 0 Å². The molecule has 7 nitrogen and oxygen atoms in total. The minimum atomic E-state index is -3.06. The lowest BCUT2D eigenvalue weighted by Gasteiger charge is -2.37. The van der Waals surface area contributed by atoms with Crippen molar-refractivity contribution in [2.24, 2.45) is 0 Å². The molecule has 11 heteroatoms. The summed E-state index contributed by atoms with van der Waals surface area (Å²) in [7, 11) is 2.03. The summed E-state index contributed by atoms with van der Waals surface area (Å²) < 4.78 is 45.3. The van der Waals surface area contributed by atoms with Crippen LogP contribution in [0.4, 0.5) is 13.2 Å². The molecule has 0 radical (unpaired) electrons. The van der Waals surface area contributed by atoms with Crippen molar-refractivity contribution in [1.82, 2.24) is 20.1 Å². The molecule has 2 N–H and O–H groups in total. The first-order valence-corrected chi connectivity index (χ1v) is 12.1. The van der Waals surface area contributed by atoms with Gasteiger partial charge < -0.3 is 15.2 Å². The standard InChI is InChI=1S/C19H18F3N3O3.C5H11NS/c1-10(19(2,3)27)25-15-6-11(9-26)8-23-17(15)16(24-25)13-7-12(28-18(21)22)4-5-14(13)20;1-5(6-2)3-7-4-5/h4-10,18,27H,1-3H3;6H,3-4H2,1-2H3. The Kier molecular flexibility index (Phi) is 8.13. The van der Waals surface area contributed by atoms with Gasteiger partial charge in [0.1, 0.15) is 22.8 Å². The van der Waals surface area contributed by atoms with Gasteiger partial charge >= 0.3 is 6.61 Å². The molecule has 1 atom stereocenters. The monoisotopic (exact) mass is 510 g/mol. The van der Waals surface area contributed by atoms with Crippen molar-refractivity contribution in [3.05, 3.63) is 41.8 Å². The number of carbonyl (C=O) groups is 1. The maximum Gasteiger partial charge on any atom is 0.387 e. The molecule has 0 saturated carbocycles. The molecule has 1 aliphatic heterocycles. The lowest BCUT2D eigenvalue weighted by molar-refractivity contribution is -0.0498. The van der Waals surface area contributed by atoms with E-state index in [-0.39, 0.29) is 28.1 Å². The molecule has 1 aromatic carbocycles. The predicted molar refractivity (Wildman–Crippen MR) is 131 cm³/mol. The highest BCUT2D eigenvalue weighted by atomic mass is 32.2. The first kappa shape index (κ1) is 27.0. The second-order valence-electron chi connectivity index (χ2n) is 9.20. The zero-order valence-corrected chi connectivity index (χ0v) is 21.0. The number of aliphatic hydroxyl groups is 1. The summed E-state index contributed by atoms with van der Waals surface area (Å²) in [5.41, 5.74) is 0.219. The number of aldehydes is 1. The van der Waals surface area contributed by atoms with E-state index in [0.29, 0.717) is 17.3 Å². The van der Waals surface area contributed by atoms with Crippen LogP contribution in [-0.2, 0) is 0 Å². The fourth-order valence-corrected chi connectivity index (χ4v) is 4.39. The van der Waals surface area contributed by atoms with Crippen LogP contribution in [0.5, 0.6) is 5.75 Å². The summed E-state index contributed by atoms with van der Waals surface area (Å²) in [6.07, 6.45) is 1.91. The Morgan fingerprint density at radius 2 is 2.00 bits per heavy atom. The molecule has 3 heterocycles. The third kappa shape index (κ3) is 6.14. The van der Waals surface area contributed by atoms with Gasteiger partial charge in [-0.3, -0.25) is 14.5 Å². The zero-order chi connectivity index (χ0) is 26.0. The number of nitrogens with one attached hydrogen (secondary N) is 1. The first-order valence-electron chi connectivity index (χ1n) is 11.0. The van der Waals surface area contributed by atoms with Crippen LogP contribution in [0.1, 0.15) is 44.1 Å². The van der Waals surface area contributed by atoms with Crippen LogP contribution in [0.25, 0.3) is 22.3 Å². The van der Waals surface area contributed by atoms with Gasteiger partial charge in [-0.25, -0.2) is 4.39 Å². The average molecular weight is 511 g/mol. The van der Waals surface area contributed by atoms with Crippen LogP contribution in [0.2, 0.25) is 0 Å².